The van der Waals surface area contributed by atoms with Crippen LogP contribution in [-0.4, -0.2) is 12.3 Å². The minimum absolute atomic E-state index is 0.277. The summed E-state index contributed by atoms with van der Waals surface area (Å²) in [6.45, 7) is 9.82. The molecule has 0 aliphatic rings. The fourth-order valence-corrected chi connectivity index (χ4v) is 2.89. The minimum atomic E-state index is 0.277. The average molecular weight is 251 g/mol. The monoisotopic (exact) mass is 251 g/mol. The Balaban J connectivity index is 2.87. The molecule has 0 aliphatic carbocycles. The van der Waals surface area contributed by atoms with E-state index in [4.69, 9.17) is 5.73 Å². The molecule has 0 saturated carbocycles. The van der Waals surface area contributed by atoms with Crippen molar-refractivity contribution in [3.63, 3.8) is 0 Å². The molecule has 1 aromatic rings. The number of hydrogen-bond acceptors (Lipinski definition) is 2. The van der Waals surface area contributed by atoms with E-state index in [-0.39, 0.29) is 5.41 Å². The zero-order chi connectivity index (χ0) is 12.9. The van der Waals surface area contributed by atoms with Crippen LogP contribution in [0.1, 0.15) is 45.6 Å². The minimum Gasteiger partial charge on any atom is -0.330 e. The molecule has 0 heterocycles. The molecule has 0 fully saturated rings. The normalized spacial score (nSPS) is 13.7. The smallest absolute Gasteiger partial charge is 0.00720 e. The van der Waals surface area contributed by atoms with Crippen LogP contribution in [0.5, 0.6) is 0 Å². The first kappa shape index (κ1) is 14.6. The third-order valence-electron chi connectivity index (χ3n) is 3.09. The molecule has 1 aromatic carbocycles. The van der Waals surface area contributed by atoms with Gasteiger partial charge in [0.2, 0.25) is 0 Å². The van der Waals surface area contributed by atoms with Crippen LogP contribution >= 0.6 is 11.8 Å². The summed E-state index contributed by atoms with van der Waals surface area (Å²) in [7, 11) is 0. The molecule has 1 nitrogen and oxygen atoms in total. The van der Waals surface area contributed by atoms with E-state index in [1.807, 2.05) is 11.8 Å². The Kier molecular flexibility index (Phi) is 5.54. The fourth-order valence-electron chi connectivity index (χ4n) is 2.23. The van der Waals surface area contributed by atoms with Crippen molar-refractivity contribution in [2.24, 2.45) is 11.1 Å². The van der Waals surface area contributed by atoms with Gasteiger partial charge < -0.3 is 5.73 Å². The predicted molar refractivity (Wildman–Crippen MR) is 78.7 cm³/mol. The van der Waals surface area contributed by atoms with Crippen LogP contribution in [-0.2, 0) is 0 Å². The van der Waals surface area contributed by atoms with Crippen LogP contribution < -0.4 is 5.73 Å². The van der Waals surface area contributed by atoms with E-state index in [2.05, 4.69) is 52.0 Å². The quantitative estimate of drug-likeness (QED) is 0.791. The summed E-state index contributed by atoms with van der Waals surface area (Å²) < 4.78 is 0. The van der Waals surface area contributed by atoms with Gasteiger partial charge in [-0.25, -0.2) is 0 Å². The molecular formula is C15H25NS. The van der Waals surface area contributed by atoms with Crippen LogP contribution in [0, 0.1) is 5.41 Å². The van der Waals surface area contributed by atoms with Gasteiger partial charge in [0.1, 0.15) is 0 Å². The van der Waals surface area contributed by atoms with Gasteiger partial charge in [0.15, 0.2) is 0 Å². The third-order valence-corrected chi connectivity index (χ3v) is 3.99. The second-order valence-corrected chi connectivity index (χ2v) is 6.84. The van der Waals surface area contributed by atoms with Crippen molar-refractivity contribution >= 4 is 11.8 Å². The Morgan fingerprint density at radius 3 is 2.18 bits per heavy atom. The zero-order valence-electron chi connectivity index (χ0n) is 11.5. The highest BCUT2D eigenvalue weighted by molar-refractivity contribution is 7.99. The topological polar surface area (TPSA) is 26.0 Å². The molecule has 0 radical (unpaired) electrons. The fraction of sp³-hybridized carbons (Fsp3) is 0.600. The first-order valence-electron chi connectivity index (χ1n) is 6.42. The van der Waals surface area contributed by atoms with Crippen molar-refractivity contribution in [2.75, 3.05) is 12.3 Å². The van der Waals surface area contributed by atoms with Crippen molar-refractivity contribution in [2.45, 2.75) is 44.9 Å². The van der Waals surface area contributed by atoms with Gasteiger partial charge in [-0.1, -0.05) is 39.8 Å². The van der Waals surface area contributed by atoms with Crippen molar-refractivity contribution in [3.05, 3.63) is 29.8 Å². The van der Waals surface area contributed by atoms with Gasteiger partial charge in [0, 0.05) is 4.90 Å². The summed E-state index contributed by atoms with van der Waals surface area (Å²) in [5.41, 5.74) is 7.43. The highest BCUT2D eigenvalue weighted by Crippen LogP contribution is 2.37. The van der Waals surface area contributed by atoms with Crippen LogP contribution in [0.2, 0.25) is 0 Å². The molecule has 0 saturated heterocycles. The molecule has 17 heavy (non-hydrogen) atoms. The lowest BCUT2D eigenvalue weighted by molar-refractivity contribution is 0.307. The molecule has 0 aromatic heterocycles. The highest BCUT2D eigenvalue weighted by atomic mass is 32.2. The van der Waals surface area contributed by atoms with E-state index >= 15 is 0 Å². The summed E-state index contributed by atoms with van der Waals surface area (Å²) in [6.07, 6.45) is 1.06. The van der Waals surface area contributed by atoms with Crippen molar-refractivity contribution in [1.82, 2.24) is 0 Å². The Morgan fingerprint density at radius 2 is 1.76 bits per heavy atom. The second kappa shape index (κ2) is 6.46. The van der Waals surface area contributed by atoms with E-state index in [1.165, 1.54) is 10.5 Å². The third kappa shape index (κ3) is 4.36. The first-order valence-corrected chi connectivity index (χ1v) is 7.40. The summed E-state index contributed by atoms with van der Waals surface area (Å²) >= 11 is 1.89. The van der Waals surface area contributed by atoms with Gasteiger partial charge >= 0.3 is 0 Å². The predicted octanol–water partition coefficient (Wildman–Crippen LogP) is 4.28. The standard InChI is InChI=1S/C15H25NS/c1-5-17-13-8-6-12(7-9-13)14(10-11-16)15(2,3)4/h6-9,14H,5,10-11,16H2,1-4H3. The van der Waals surface area contributed by atoms with Crippen LogP contribution in [0.3, 0.4) is 0 Å². The SMILES string of the molecule is CCSc1ccc(C(CCN)C(C)(C)C)cc1. The summed E-state index contributed by atoms with van der Waals surface area (Å²) in [6, 6.07) is 9.00. The summed E-state index contributed by atoms with van der Waals surface area (Å²) in [5.74, 6) is 1.68. The van der Waals surface area contributed by atoms with Crippen molar-refractivity contribution < 1.29 is 0 Å². The maximum absolute atomic E-state index is 5.74. The van der Waals surface area contributed by atoms with Gasteiger partial charge in [0.05, 0.1) is 0 Å². The van der Waals surface area contributed by atoms with Crippen LogP contribution in [0.25, 0.3) is 0 Å². The lowest BCUT2D eigenvalue weighted by Crippen LogP contribution is -2.21. The van der Waals surface area contributed by atoms with Crippen LogP contribution in [0.15, 0.2) is 29.2 Å². The second-order valence-electron chi connectivity index (χ2n) is 5.50. The number of hydrogen-bond donors (Lipinski definition) is 1. The summed E-state index contributed by atoms with van der Waals surface area (Å²) in [4.78, 5) is 1.36. The lowest BCUT2D eigenvalue weighted by Gasteiger charge is -2.31. The van der Waals surface area contributed by atoms with E-state index in [9.17, 15) is 0 Å². The van der Waals surface area contributed by atoms with E-state index in [0.29, 0.717) is 5.92 Å². The molecule has 1 rings (SSSR count). The Morgan fingerprint density at radius 1 is 1.18 bits per heavy atom. The Bertz CT molecular complexity index is 324. The Labute approximate surface area is 110 Å². The van der Waals surface area contributed by atoms with E-state index in [0.717, 1.165) is 18.7 Å². The van der Waals surface area contributed by atoms with Gasteiger partial charge in [-0.15, -0.1) is 11.8 Å². The molecule has 0 aliphatic heterocycles. The van der Waals surface area contributed by atoms with Crippen LogP contribution in [0.4, 0.5) is 0 Å². The number of rotatable bonds is 5. The zero-order valence-corrected chi connectivity index (χ0v) is 12.3. The van der Waals surface area contributed by atoms with Crippen molar-refractivity contribution in [1.29, 1.82) is 0 Å². The van der Waals surface area contributed by atoms with Gasteiger partial charge in [-0.3, -0.25) is 0 Å². The molecule has 1 unspecified atom stereocenters. The van der Waals surface area contributed by atoms with Gasteiger partial charge in [0.25, 0.3) is 0 Å². The molecule has 0 bridgehead atoms. The molecule has 2 heteroatoms. The lowest BCUT2D eigenvalue weighted by atomic mass is 9.75. The first-order chi connectivity index (χ1) is 7.99. The summed E-state index contributed by atoms with van der Waals surface area (Å²) in [5, 5.41) is 0. The average Bonchev–Trinajstić information content (AvgIpc) is 2.26. The van der Waals surface area contributed by atoms with Gasteiger partial charge in [-0.2, -0.15) is 0 Å². The number of benzene rings is 1. The molecular weight excluding hydrogens is 226 g/mol. The highest BCUT2D eigenvalue weighted by Gasteiger charge is 2.25. The molecule has 2 N–H and O–H groups in total. The number of thioether (sulfide) groups is 1. The Hall–Kier alpha value is -0.470. The van der Waals surface area contributed by atoms with E-state index in [1.54, 1.807) is 0 Å². The van der Waals surface area contributed by atoms with Crippen molar-refractivity contribution in [3.8, 4) is 0 Å². The van der Waals surface area contributed by atoms with E-state index < -0.39 is 0 Å². The molecule has 96 valence electrons. The molecule has 0 spiro atoms. The maximum atomic E-state index is 5.74. The molecule has 1 atom stereocenters. The maximum Gasteiger partial charge on any atom is 0.00720 e. The molecule has 0 amide bonds. The number of nitrogens with two attached hydrogens (primary N) is 1. The van der Waals surface area contributed by atoms with Gasteiger partial charge in [-0.05, 0) is 47.7 Å². The largest absolute Gasteiger partial charge is 0.330 e.